The highest BCUT2D eigenvalue weighted by molar-refractivity contribution is 5.01. The summed E-state index contributed by atoms with van der Waals surface area (Å²) in [5, 5.41) is 0. The van der Waals surface area contributed by atoms with E-state index in [1.807, 2.05) is 0 Å². The lowest BCUT2D eigenvalue weighted by Crippen LogP contribution is -1.88. The van der Waals surface area contributed by atoms with Crippen molar-refractivity contribution in [3.63, 3.8) is 0 Å². The van der Waals surface area contributed by atoms with Gasteiger partial charge in [-0.2, -0.15) is 0 Å². The molecule has 0 nitrogen and oxygen atoms in total. The van der Waals surface area contributed by atoms with E-state index in [0.717, 1.165) is 0 Å². The molecule has 0 radical (unpaired) electrons. The summed E-state index contributed by atoms with van der Waals surface area (Å²) in [6.45, 7) is 6.91. The number of unbranched alkanes of at least 4 members (excludes halogenated alkanes) is 12. The summed E-state index contributed by atoms with van der Waals surface area (Å²) in [4.78, 5) is 0. The van der Waals surface area contributed by atoms with E-state index < -0.39 is 0 Å². The molecule has 0 aromatic heterocycles. The molecule has 0 aliphatic carbocycles. The standard InChI is InChI=1S/C22H44/c1-4-7-10-13-14-15-18-21-22(19-16-11-8-5-2)20-17-12-9-6-3/h21H,4-20H2,1-3H3. The molecule has 0 N–H and O–H groups in total. The maximum atomic E-state index is 2.61. The van der Waals surface area contributed by atoms with E-state index in [1.165, 1.54) is 109 Å². The van der Waals surface area contributed by atoms with E-state index in [0.29, 0.717) is 0 Å². The molecule has 0 aromatic rings. The molecule has 0 saturated heterocycles. The Hall–Kier alpha value is -0.260. The minimum absolute atomic E-state index is 1.34. The number of rotatable bonds is 17. The smallest absolute Gasteiger partial charge is 0.0320 e. The Morgan fingerprint density at radius 3 is 1.41 bits per heavy atom. The summed E-state index contributed by atoms with van der Waals surface area (Å²) < 4.78 is 0. The molecule has 0 saturated carbocycles. The van der Waals surface area contributed by atoms with E-state index in [1.54, 1.807) is 5.57 Å². The van der Waals surface area contributed by atoms with E-state index in [2.05, 4.69) is 26.8 Å². The maximum absolute atomic E-state index is 2.61. The molecule has 0 aliphatic heterocycles. The zero-order chi connectivity index (χ0) is 16.3. The molecule has 22 heavy (non-hydrogen) atoms. The van der Waals surface area contributed by atoms with Crippen LogP contribution in [0.4, 0.5) is 0 Å². The summed E-state index contributed by atoms with van der Waals surface area (Å²) in [5.41, 5.74) is 1.78. The third kappa shape index (κ3) is 16.1. The van der Waals surface area contributed by atoms with Crippen molar-refractivity contribution >= 4 is 0 Å². The fraction of sp³-hybridized carbons (Fsp3) is 0.909. The summed E-state index contributed by atoms with van der Waals surface area (Å²) in [6, 6.07) is 0. The van der Waals surface area contributed by atoms with Gasteiger partial charge in [0.15, 0.2) is 0 Å². The first-order valence-corrected chi connectivity index (χ1v) is 10.5. The molecule has 0 heteroatoms. The summed E-state index contributed by atoms with van der Waals surface area (Å²) in [5.74, 6) is 0. The normalized spacial score (nSPS) is 10.9. The third-order valence-corrected chi connectivity index (χ3v) is 4.69. The van der Waals surface area contributed by atoms with Gasteiger partial charge in [0.05, 0.1) is 0 Å². The third-order valence-electron chi connectivity index (χ3n) is 4.69. The van der Waals surface area contributed by atoms with Gasteiger partial charge in [-0.3, -0.25) is 0 Å². The first-order chi connectivity index (χ1) is 10.8. The Bertz CT molecular complexity index is 212. The molecular weight excluding hydrogens is 264 g/mol. The van der Waals surface area contributed by atoms with Gasteiger partial charge in [-0.1, -0.05) is 103 Å². The molecule has 0 heterocycles. The van der Waals surface area contributed by atoms with Gasteiger partial charge in [0.1, 0.15) is 0 Å². The van der Waals surface area contributed by atoms with Gasteiger partial charge in [0, 0.05) is 0 Å². The van der Waals surface area contributed by atoms with Gasteiger partial charge in [0.2, 0.25) is 0 Å². The van der Waals surface area contributed by atoms with Crippen LogP contribution in [0.1, 0.15) is 130 Å². The van der Waals surface area contributed by atoms with E-state index in [-0.39, 0.29) is 0 Å². The molecule has 0 aliphatic rings. The molecule has 0 aromatic carbocycles. The minimum Gasteiger partial charge on any atom is -0.0853 e. The Labute approximate surface area is 142 Å². The highest BCUT2D eigenvalue weighted by atomic mass is 14.1. The Morgan fingerprint density at radius 1 is 0.500 bits per heavy atom. The predicted molar refractivity (Wildman–Crippen MR) is 104 cm³/mol. The quantitative estimate of drug-likeness (QED) is 0.186. The molecule has 132 valence electrons. The highest BCUT2D eigenvalue weighted by Crippen LogP contribution is 2.19. The van der Waals surface area contributed by atoms with Crippen LogP contribution in [0, 0.1) is 0 Å². The summed E-state index contributed by atoms with van der Waals surface area (Å²) >= 11 is 0. The van der Waals surface area contributed by atoms with Crippen molar-refractivity contribution in [3.8, 4) is 0 Å². The number of hydrogen-bond acceptors (Lipinski definition) is 0. The summed E-state index contributed by atoms with van der Waals surface area (Å²) in [7, 11) is 0. The van der Waals surface area contributed by atoms with Crippen molar-refractivity contribution in [2.75, 3.05) is 0 Å². The van der Waals surface area contributed by atoms with Crippen LogP contribution in [-0.2, 0) is 0 Å². The first kappa shape index (κ1) is 21.7. The summed E-state index contributed by atoms with van der Waals surface area (Å²) in [6.07, 6.45) is 26.5. The van der Waals surface area contributed by atoms with Crippen LogP contribution in [0.3, 0.4) is 0 Å². The van der Waals surface area contributed by atoms with E-state index >= 15 is 0 Å². The number of hydrogen-bond donors (Lipinski definition) is 0. The Balaban J connectivity index is 3.83. The lowest BCUT2D eigenvalue weighted by Gasteiger charge is -2.08. The van der Waals surface area contributed by atoms with Crippen molar-refractivity contribution in [2.24, 2.45) is 0 Å². The zero-order valence-electron chi connectivity index (χ0n) is 16.1. The molecule has 0 bridgehead atoms. The molecule has 0 unspecified atom stereocenters. The zero-order valence-corrected chi connectivity index (χ0v) is 16.1. The second-order valence-corrected chi connectivity index (χ2v) is 7.04. The van der Waals surface area contributed by atoms with Gasteiger partial charge in [-0.15, -0.1) is 0 Å². The monoisotopic (exact) mass is 308 g/mol. The lowest BCUT2D eigenvalue weighted by atomic mass is 9.98. The SMILES string of the molecule is CCCCCCCCC=C(CCCCCC)CCCCCC. The van der Waals surface area contributed by atoms with Crippen LogP contribution in [-0.4, -0.2) is 0 Å². The molecule has 0 rings (SSSR count). The highest BCUT2D eigenvalue weighted by Gasteiger charge is 1.99. The van der Waals surface area contributed by atoms with Gasteiger partial charge in [-0.05, 0) is 38.5 Å². The van der Waals surface area contributed by atoms with Crippen molar-refractivity contribution in [3.05, 3.63) is 11.6 Å². The van der Waals surface area contributed by atoms with Crippen molar-refractivity contribution in [1.82, 2.24) is 0 Å². The first-order valence-electron chi connectivity index (χ1n) is 10.5. The average molecular weight is 309 g/mol. The Morgan fingerprint density at radius 2 is 0.909 bits per heavy atom. The second-order valence-electron chi connectivity index (χ2n) is 7.04. The van der Waals surface area contributed by atoms with Gasteiger partial charge < -0.3 is 0 Å². The molecule has 0 atom stereocenters. The Kier molecular flexibility index (Phi) is 18.6. The second kappa shape index (κ2) is 18.8. The van der Waals surface area contributed by atoms with E-state index in [4.69, 9.17) is 0 Å². The fourth-order valence-electron chi connectivity index (χ4n) is 3.12. The van der Waals surface area contributed by atoms with Crippen molar-refractivity contribution in [2.45, 2.75) is 130 Å². The minimum atomic E-state index is 1.34. The van der Waals surface area contributed by atoms with Crippen molar-refractivity contribution < 1.29 is 0 Å². The van der Waals surface area contributed by atoms with Crippen LogP contribution in [0.25, 0.3) is 0 Å². The topological polar surface area (TPSA) is 0 Å². The van der Waals surface area contributed by atoms with Gasteiger partial charge in [0.25, 0.3) is 0 Å². The van der Waals surface area contributed by atoms with Crippen LogP contribution in [0.2, 0.25) is 0 Å². The lowest BCUT2D eigenvalue weighted by molar-refractivity contribution is 0.603. The molecule has 0 fully saturated rings. The van der Waals surface area contributed by atoms with Crippen LogP contribution in [0.15, 0.2) is 11.6 Å². The average Bonchev–Trinajstić information content (AvgIpc) is 2.53. The molecular formula is C22H44. The van der Waals surface area contributed by atoms with Crippen LogP contribution < -0.4 is 0 Å². The largest absolute Gasteiger partial charge is 0.0853 e. The van der Waals surface area contributed by atoms with Crippen LogP contribution in [0.5, 0.6) is 0 Å². The van der Waals surface area contributed by atoms with Crippen molar-refractivity contribution in [1.29, 1.82) is 0 Å². The number of allylic oxidation sites excluding steroid dienone is 2. The van der Waals surface area contributed by atoms with Gasteiger partial charge >= 0.3 is 0 Å². The maximum Gasteiger partial charge on any atom is -0.0320 e. The fourth-order valence-corrected chi connectivity index (χ4v) is 3.12. The van der Waals surface area contributed by atoms with E-state index in [9.17, 15) is 0 Å². The van der Waals surface area contributed by atoms with Crippen LogP contribution >= 0.6 is 0 Å². The molecule has 0 amide bonds. The predicted octanol–water partition coefficient (Wildman–Crippen LogP) is 8.60. The van der Waals surface area contributed by atoms with Gasteiger partial charge in [-0.25, -0.2) is 0 Å². The molecule has 0 spiro atoms.